The van der Waals surface area contributed by atoms with Crippen LogP contribution >= 0.6 is 11.6 Å². The average Bonchev–Trinajstić information content (AvgIpc) is 2.33. The fourth-order valence-electron chi connectivity index (χ4n) is 1.73. The zero-order chi connectivity index (χ0) is 12.4. The summed E-state index contributed by atoms with van der Waals surface area (Å²) in [6.07, 6.45) is 0. The molecule has 0 unspecified atom stereocenters. The van der Waals surface area contributed by atoms with Crippen molar-refractivity contribution >= 4 is 11.6 Å². The molecule has 0 spiro atoms. The standard InChI is InChI=1S/C15H12ClN/c1-10-3-5-13(7-11(10)2)14-8-12(9-17)4-6-15(14)16/h3-8H,1-2H3. The predicted molar refractivity (Wildman–Crippen MR) is 71.1 cm³/mol. The molecule has 2 heteroatoms. The summed E-state index contributed by atoms with van der Waals surface area (Å²) < 4.78 is 0. The highest BCUT2D eigenvalue weighted by Gasteiger charge is 2.05. The van der Waals surface area contributed by atoms with Crippen LogP contribution in [-0.2, 0) is 0 Å². The first-order valence-corrected chi connectivity index (χ1v) is 5.77. The van der Waals surface area contributed by atoms with Gasteiger partial charge in [0, 0.05) is 10.6 Å². The molecule has 0 aliphatic heterocycles. The van der Waals surface area contributed by atoms with Crippen LogP contribution in [0.15, 0.2) is 36.4 Å². The van der Waals surface area contributed by atoms with Crippen LogP contribution in [0.2, 0.25) is 5.02 Å². The van der Waals surface area contributed by atoms with Gasteiger partial charge in [-0.3, -0.25) is 0 Å². The van der Waals surface area contributed by atoms with Crippen molar-refractivity contribution < 1.29 is 0 Å². The molecule has 0 atom stereocenters. The number of hydrogen-bond acceptors (Lipinski definition) is 1. The van der Waals surface area contributed by atoms with Gasteiger partial charge < -0.3 is 0 Å². The molecular formula is C15H12ClN. The molecular weight excluding hydrogens is 230 g/mol. The van der Waals surface area contributed by atoms with E-state index in [0.29, 0.717) is 10.6 Å². The molecule has 0 N–H and O–H groups in total. The minimum Gasteiger partial charge on any atom is -0.192 e. The molecule has 0 heterocycles. The second kappa shape index (κ2) is 4.61. The molecule has 0 saturated carbocycles. The lowest BCUT2D eigenvalue weighted by Crippen LogP contribution is -1.86. The predicted octanol–water partition coefficient (Wildman–Crippen LogP) is 4.50. The largest absolute Gasteiger partial charge is 0.192 e. The average molecular weight is 242 g/mol. The summed E-state index contributed by atoms with van der Waals surface area (Å²) in [4.78, 5) is 0. The van der Waals surface area contributed by atoms with E-state index in [1.54, 1.807) is 12.1 Å². The van der Waals surface area contributed by atoms with E-state index in [0.717, 1.165) is 11.1 Å². The van der Waals surface area contributed by atoms with Crippen LogP contribution < -0.4 is 0 Å². The van der Waals surface area contributed by atoms with E-state index in [1.807, 2.05) is 12.1 Å². The number of nitrogens with zero attached hydrogens (tertiary/aromatic N) is 1. The first-order valence-electron chi connectivity index (χ1n) is 5.39. The summed E-state index contributed by atoms with van der Waals surface area (Å²) in [5, 5.41) is 9.58. The summed E-state index contributed by atoms with van der Waals surface area (Å²) in [6.45, 7) is 4.15. The van der Waals surface area contributed by atoms with Crippen molar-refractivity contribution in [3.8, 4) is 17.2 Å². The fourth-order valence-corrected chi connectivity index (χ4v) is 1.95. The van der Waals surface area contributed by atoms with Crippen molar-refractivity contribution in [1.29, 1.82) is 5.26 Å². The molecule has 0 radical (unpaired) electrons. The molecule has 0 amide bonds. The lowest BCUT2D eigenvalue weighted by Gasteiger charge is -2.07. The van der Waals surface area contributed by atoms with E-state index in [1.165, 1.54) is 11.1 Å². The van der Waals surface area contributed by atoms with Crippen LogP contribution in [0.3, 0.4) is 0 Å². The van der Waals surface area contributed by atoms with E-state index in [4.69, 9.17) is 16.9 Å². The van der Waals surface area contributed by atoms with Crippen LogP contribution in [-0.4, -0.2) is 0 Å². The van der Waals surface area contributed by atoms with Crippen molar-refractivity contribution in [2.24, 2.45) is 0 Å². The Morgan fingerprint density at radius 1 is 1.00 bits per heavy atom. The number of benzene rings is 2. The Labute approximate surface area is 106 Å². The number of aryl methyl sites for hydroxylation is 2. The normalized spacial score (nSPS) is 10.0. The molecule has 0 fully saturated rings. The summed E-state index contributed by atoms with van der Waals surface area (Å²) in [5.74, 6) is 0. The van der Waals surface area contributed by atoms with Gasteiger partial charge in [-0.15, -0.1) is 0 Å². The number of rotatable bonds is 1. The fraction of sp³-hybridized carbons (Fsp3) is 0.133. The first-order chi connectivity index (χ1) is 8.11. The molecule has 2 aromatic rings. The van der Waals surface area contributed by atoms with Crippen molar-refractivity contribution in [2.45, 2.75) is 13.8 Å². The van der Waals surface area contributed by atoms with Crippen molar-refractivity contribution in [3.05, 3.63) is 58.1 Å². The Morgan fingerprint density at radius 3 is 2.41 bits per heavy atom. The van der Waals surface area contributed by atoms with Gasteiger partial charge >= 0.3 is 0 Å². The van der Waals surface area contributed by atoms with Crippen LogP contribution in [0.25, 0.3) is 11.1 Å². The van der Waals surface area contributed by atoms with Gasteiger partial charge in [0.25, 0.3) is 0 Å². The molecule has 2 rings (SSSR count). The van der Waals surface area contributed by atoms with Crippen molar-refractivity contribution in [2.75, 3.05) is 0 Å². The third-order valence-corrected chi connectivity index (χ3v) is 3.24. The van der Waals surface area contributed by atoms with Gasteiger partial charge in [0.2, 0.25) is 0 Å². The van der Waals surface area contributed by atoms with Crippen LogP contribution in [0, 0.1) is 25.2 Å². The van der Waals surface area contributed by atoms with Gasteiger partial charge in [-0.1, -0.05) is 29.8 Å². The smallest absolute Gasteiger partial charge is 0.0991 e. The maximum atomic E-state index is 8.91. The Morgan fingerprint density at radius 2 is 1.76 bits per heavy atom. The van der Waals surface area contributed by atoms with Crippen LogP contribution in [0.5, 0.6) is 0 Å². The van der Waals surface area contributed by atoms with Crippen molar-refractivity contribution in [1.82, 2.24) is 0 Å². The van der Waals surface area contributed by atoms with Gasteiger partial charge in [-0.25, -0.2) is 0 Å². The van der Waals surface area contributed by atoms with Gasteiger partial charge in [0.1, 0.15) is 0 Å². The highest BCUT2D eigenvalue weighted by Crippen LogP contribution is 2.29. The number of hydrogen-bond donors (Lipinski definition) is 0. The topological polar surface area (TPSA) is 23.8 Å². The molecule has 0 aromatic heterocycles. The summed E-state index contributed by atoms with van der Waals surface area (Å²) in [5.41, 5.74) is 5.06. The Bertz CT molecular complexity index is 609. The minimum absolute atomic E-state index is 0.627. The molecule has 84 valence electrons. The van der Waals surface area contributed by atoms with Crippen LogP contribution in [0.4, 0.5) is 0 Å². The SMILES string of the molecule is Cc1ccc(-c2cc(C#N)ccc2Cl)cc1C. The molecule has 0 aliphatic carbocycles. The number of halogens is 1. The van der Waals surface area contributed by atoms with E-state index < -0.39 is 0 Å². The third-order valence-electron chi connectivity index (χ3n) is 2.91. The maximum absolute atomic E-state index is 8.91. The molecule has 0 aliphatic rings. The Balaban J connectivity index is 2.60. The Kier molecular flexibility index (Phi) is 3.17. The highest BCUT2D eigenvalue weighted by atomic mass is 35.5. The lowest BCUT2D eigenvalue weighted by molar-refractivity contribution is 1.34. The highest BCUT2D eigenvalue weighted by molar-refractivity contribution is 6.33. The zero-order valence-corrected chi connectivity index (χ0v) is 10.5. The Hall–Kier alpha value is -1.78. The monoisotopic (exact) mass is 241 g/mol. The van der Waals surface area contributed by atoms with E-state index >= 15 is 0 Å². The number of nitriles is 1. The first kappa shape index (κ1) is 11.7. The van der Waals surface area contributed by atoms with E-state index in [2.05, 4.69) is 32.0 Å². The quantitative estimate of drug-likeness (QED) is 0.721. The van der Waals surface area contributed by atoms with Crippen molar-refractivity contribution in [3.63, 3.8) is 0 Å². The summed E-state index contributed by atoms with van der Waals surface area (Å²) in [7, 11) is 0. The molecule has 17 heavy (non-hydrogen) atoms. The van der Waals surface area contributed by atoms with E-state index in [9.17, 15) is 0 Å². The van der Waals surface area contributed by atoms with Gasteiger partial charge in [-0.2, -0.15) is 5.26 Å². The summed E-state index contributed by atoms with van der Waals surface area (Å²) in [6, 6.07) is 13.7. The maximum Gasteiger partial charge on any atom is 0.0991 e. The minimum atomic E-state index is 0.627. The molecule has 0 saturated heterocycles. The van der Waals surface area contributed by atoms with Gasteiger partial charge in [-0.05, 0) is 48.7 Å². The molecule has 0 bridgehead atoms. The second-order valence-corrected chi connectivity index (χ2v) is 4.51. The van der Waals surface area contributed by atoms with Crippen LogP contribution in [0.1, 0.15) is 16.7 Å². The van der Waals surface area contributed by atoms with Gasteiger partial charge in [0.05, 0.1) is 11.6 Å². The molecule has 2 aromatic carbocycles. The second-order valence-electron chi connectivity index (χ2n) is 4.11. The third kappa shape index (κ3) is 2.33. The lowest BCUT2D eigenvalue weighted by atomic mass is 9.99. The van der Waals surface area contributed by atoms with Gasteiger partial charge in [0.15, 0.2) is 0 Å². The summed E-state index contributed by atoms with van der Waals surface area (Å²) >= 11 is 6.17. The zero-order valence-electron chi connectivity index (χ0n) is 9.79. The van der Waals surface area contributed by atoms with E-state index in [-0.39, 0.29) is 0 Å². The molecule has 1 nitrogen and oxygen atoms in total.